The molecule has 0 unspecified atom stereocenters. The van der Waals surface area contributed by atoms with Gasteiger partial charge in [0.2, 0.25) is 0 Å². The molecule has 0 saturated carbocycles. The van der Waals surface area contributed by atoms with Crippen molar-refractivity contribution in [1.29, 1.82) is 0 Å². The lowest BCUT2D eigenvalue weighted by molar-refractivity contribution is -0.134. The fourth-order valence-electron chi connectivity index (χ4n) is 1.20. The van der Waals surface area contributed by atoms with E-state index in [2.05, 4.69) is 21.2 Å². The van der Waals surface area contributed by atoms with Gasteiger partial charge in [0.25, 0.3) is 0 Å². The first-order chi connectivity index (χ1) is 8.43. The molecule has 7 heteroatoms. The molecule has 1 aromatic carbocycles. The first-order valence-corrected chi connectivity index (χ1v) is 5.52. The number of nitrogens with one attached hydrogen (secondary N) is 1. The lowest BCUT2D eigenvalue weighted by Gasteiger charge is -2.11. The van der Waals surface area contributed by atoms with Crippen LogP contribution in [-0.2, 0) is 9.59 Å². The van der Waals surface area contributed by atoms with Gasteiger partial charge in [0.15, 0.2) is 0 Å². The summed E-state index contributed by atoms with van der Waals surface area (Å²) in [6.45, 7) is 0. The number of anilines is 1. The van der Waals surface area contributed by atoms with Gasteiger partial charge in [0, 0.05) is 4.47 Å². The van der Waals surface area contributed by atoms with E-state index >= 15 is 0 Å². The van der Waals surface area contributed by atoms with E-state index in [1.807, 2.05) is 0 Å². The monoisotopic (exact) mass is 315 g/mol. The largest absolute Gasteiger partial charge is 0.495 e. The van der Waals surface area contributed by atoms with Crippen LogP contribution >= 0.6 is 15.9 Å². The molecule has 0 heterocycles. The third-order valence-electron chi connectivity index (χ3n) is 1.93. The first-order valence-electron chi connectivity index (χ1n) is 4.72. The second-order valence-electron chi connectivity index (χ2n) is 3.17. The van der Waals surface area contributed by atoms with Crippen molar-refractivity contribution in [3.8, 4) is 5.75 Å². The van der Waals surface area contributed by atoms with Crippen LogP contribution in [0.25, 0.3) is 0 Å². The number of ether oxygens (including phenoxy) is 1. The van der Waals surface area contributed by atoms with Crippen LogP contribution in [0.4, 0.5) is 5.69 Å². The molecule has 0 aliphatic carbocycles. The molecule has 0 aromatic heterocycles. The zero-order chi connectivity index (χ0) is 13.7. The number of hydrogen-bond donors (Lipinski definition) is 3. The maximum atomic E-state index is 10.9. The Morgan fingerprint density at radius 2 is 2.06 bits per heavy atom. The average molecular weight is 316 g/mol. The Morgan fingerprint density at radius 1 is 1.39 bits per heavy atom. The van der Waals surface area contributed by atoms with E-state index in [-0.39, 0.29) is 0 Å². The van der Waals surface area contributed by atoms with Gasteiger partial charge in [-0.2, -0.15) is 0 Å². The number of methoxy groups -OCH3 is 1. The fourth-order valence-corrected chi connectivity index (χ4v) is 1.56. The third kappa shape index (κ3) is 3.77. The molecule has 0 amide bonds. The molecule has 6 nitrogen and oxygen atoms in total. The molecule has 0 aliphatic rings. The number of aliphatic carboxylic acids is 2. The minimum absolute atomic E-state index is 0.349. The van der Waals surface area contributed by atoms with Crippen molar-refractivity contribution in [2.24, 2.45) is 0 Å². The summed E-state index contributed by atoms with van der Waals surface area (Å²) in [5.74, 6) is -2.33. The minimum atomic E-state index is -1.38. The summed E-state index contributed by atoms with van der Waals surface area (Å²) < 4.78 is 5.73. The highest BCUT2D eigenvalue weighted by atomic mass is 79.9. The standard InChI is InChI=1S/C11H10BrNO5/c1-18-9-3-2-6(12)4-7(9)13-8(11(16)17)5-10(14)15/h2-5,13H,1H3,(H,14,15)(H,16,17). The number of carboxylic acids is 2. The number of halogens is 1. The highest BCUT2D eigenvalue weighted by Crippen LogP contribution is 2.28. The molecule has 0 radical (unpaired) electrons. The lowest BCUT2D eigenvalue weighted by atomic mass is 10.2. The van der Waals surface area contributed by atoms with Gasteiger partial charge in [0.05, 0.1) is 18.9 Å². The van der Waals surface area contributed by atoms with Crippen molar-refractivity contribution in [2.45, 2.75) is 0 Å². The summed E-state index contributed by atoms with van der Waals surface area (Å²) in [5.41, 5.74) is -0.110. The van der Waals surface area contributed by atoms with Crippen LogP contribution in [0.2, 0.25) is 0 Å². The van der Waals surface area contributed by atoms with Gasteiger partial charge < -0.3 is 20.3 Å². The quantitative estimate of drug-likeness (QED) is 0.718. The predicted octanol–water partition coefficient (Wildman–Crippen LogP) is 1.92. The van der Waals surface area contributed by atoms with Crippen molar-refractivity contribution in [3.63, 3.8) is 0 Å². The molecule has 1 aromatic rings. The van der Waals surface area contributed by atoms with E-state index in [4.69, 9.17) is 14.9 Å². The van der Waals surface area contributed by atoms with Crippen LogP contribution in [0.1, 0.15) is 0 Å². The summed E-state index contributed by atoms with van der Waals surface area (Å²) in [6, 6.07) is 4.91. The normalized spacial score (nSPS) is 10.9. The van der Waals surface area contributed by atoms with E-state index < -0.39 is 17.6 Å². The van der Waals surface area contributed by atoms with E-state index in [1.165, 1.54) is 7.11 Å². The molecular formula is C11H10BrNO5. The maximum Gasteiger partial charge on any atom is 0.352 e. The van der Waals surface area contributed by atoms with Crippen molar-refractivity contribution in [2.75, 3.05) is 12.4 Å². The highest BCUT2D eigenvalue weighted by Gasteiger charge is 2.12. The topological polar surface area (TPSA) is 95.9 Å². The van der Waals surface area contributed by atoms with Crippen LogP contribution in [-0.4, -0.2) is 29.3 Å². The van der Waals surface area contributed by atoms with Crippen molar-refractivity contribution in [3.05, 3.63) is 34.4 Å². The number of benzene rings is 1. The molecule has 0 bridgehead atoms. The molecule has 18 heavy (non-hydrogen) atoms. The van der Waals surface area contributed by atoms with Gasteiger partial charge in [-0.1, -0.05) is 15.9 Å². The summed E-state index contributed by atoms with van der Waals surface area (Å²) in [4.78, 5) is 21.4. The number of hydrogen-bond acceptors (Lipinski definition) is 4. The van der Waals surface area contributed by atoms with Gasteiger partial charge in [0.1, 0.15) is 11.4 Å². The third-order valence-corrected chi connectivity index (χ3v) is 2.42. The van der Waals surface area contributed by atoms with E-state index in [0.29, 0.717) is 22.0 Å². The minimum Gasteiger partial charge on any atom is -0.495 e. The summed E-state index contributed by atoms with van der Waals surface area (Å²) >= 11 is 3.22. The molecule has 0 spiro atoms. The second kappa shape index (κ2) is 6.06. The van der Waals surface area contributed by atoms with Crippen LogP contribution in [0, 0.1) is 0 Å². The summed E-state index contributed by atoms with van der Waals surface area (Å²) in [6.07, 6.45) is 0.572. The van der Waals surface area contributed by atoms with Gasteiger partial charge in [-0.3, -0.25) is 0 Å². The maximum absolute atomic E-state index is 10.9. The van der Waals surface area contributed by atoms with Crippen LogP contribution < -0.4 is 10.1 Å². The smallest absolute Gasteiger partial charge is 0.352 e. The molecule has 0 aliphatic heterocycles. The highest BCUT2D eigenvalue weighted by molar-refractivity contribution is 9.10. The molecule has 96 valence electrons. The fraction of sp³-hybridized carbons (Fsp3) is 0.0909. The number of carbonyl (C=O) groups is 2. The zero-order valence-corrected chi connectivity index (χ0v) is 10.9. The van der Waals surface area contributed by atoms with Crippen molar-refractivity contribution >= 4 is 33.6 Å². The molecule has 0 fully saturated rings. The predicted molar refractivity (Wildman–Crippen MR) is 67.7 cm³/mol. The van der Waals surface area contributed by atoms with E-state index in [1.54, 1.807) is 18.2 Å². The Kier molecular flexibility index (Phi) is 4.73. The van der Waals surface area contributed by atoms with E-state index in [0.717, 1.165) is 0 Å². The molecule has 1 rings (SSSR count). The average Bonchev–Trinajstić information content (AvgIpc) is 2.27. The van der Waals surface area contributed by atoms with Crippen LogP contribution in [0.5, 0.6) is 5.75 Å². The molecular weight excluding hydrogens is 306 g/mol. The van der Waals surface area contributed by atoms with Gasteiger partial charge in [-0.15, -0.1) is 0 Å². The van der Waals surface area contributed by atoms with Crippen molar-refractivity contribution in [1.82, 2.24) is 0 Å². The number of carboxylic acid groups (broad SMARTS) is 2. The zero-order valence-electron chi connectivity index (χ0n) is 9.31. The SMILES string of the molecule is COc1ccc(Br)cc1NC(=CC(=O)O)C(=O)O. The molecule has 3 N–H and O–H groups in total. The van der Waals surface area contributed by atoms with Crippen LogP contribution in [0.3, 0.4) is 0 Å². The second-order valence-corrected chi connectivity index (χ2v) is 4.09. The van der Waals surface area contributed by atoms with E-state index in [9.17, 15) is 9.59 Å². The first kappa shape index (κ1) is 14.0. The summed E-state index contributed by atoms with van der Waals surface area (Å²) in [5, 5.41) is 19.9. The Balaban J connectivity index is 3.11. The van der Waals surface area contributed by atoms with Gasteiger partial charge >= 0.3 is 11.9 Å². The number of rotatable bonds is 5. The Bertz CT molecular complexity index is 512. The Morgan fingerprint density at radius 3 is 2.56 bits per heavy atom. The van der Waals surface area contributed by atoms with Crippen LogP contribution in [0.15, 0.2) is 34.4 Å². The molecule has 0 saturated heterocycles. The Labute approximate surface area is 111 Å². The Hall–Kier alpha value is -2.02. The lowest BCUT2D eigenvalue weighted by Crippen LogP contribution is -2.13. The summed E-state index contributed by atoms with van der Waals surface area (Å²) in [7, 11) is 1.43. The van der Waals surface area contributed by atoms with Gasteiger partial charge in [-0.05, 0) is 18.2 Å². The molecule has 0 atom stereocenters. The van der Waals surface area contributed by atoms with Crippen molar-refractivity contribution < 1.29 is 24.5 Å². The van der Waals surface area contributed by atoms with Gasteiger partial charge in [-0.25, -0.2) is 9.59 Å².